The smallest absolute Gasteiger partial charge is 0.258 e. The number of aromatic nitrogens is 4. The molecule has 1 unspecified atom stereocenters. The molecular formula is C22H24N6O2. The second-order valence-corrected chi connectivity index (χ2v) is 7.49. The third kappa shape index (κ3) is 3.95. The number of nitrogens with zero attached hydrogens (tertiary/aromatic N) is 4. The highest BCUT2D eigenvalue weighted by Crippen LogP contribution is 2.36. The fraction of sp³-hybridized carbons (Fsp3) is 0.273. The number of hydrogen-bond acceptors (Lipinski definition) is 6. The van der Waals surface area contributed by atoms with E-state index >= 15 is 0 Å². The highest BCUT2D eigenvalue weighted by atomic mass is 16.3. The van der Waals surface area contributed by atoms with Gasteiger partial charge in [-0.25, -0.2) is 0 Å². The van der Waals surface area contributed by atoms with Crippen LogP contribution in [0.5, 0.6) is 0 Å². The number of aliphatic hydroxyl groups excluding tert-OH is 1. The van der Waals surface area contributed by atoms with E-state index in [0.717, 1.165) is 22.4 Å². The number of carbonyl (C=O) groups is 1. The largest absolute Gasteiger partial charge is 0.393 e. The van der Waals surface area contributed by atoms with Crippen molar-refractivity contribution in [2.75, 3.05) is 10.6 Å². The number of rotatable bonds is 6. The summed E-state index contributed by atoms with van der Waals surface area (Å²) in [5, 5.41) is 20.0. The van der Waals surface area contributed by atoms with Crippen LogP contribution in [-0.2, 0) is 11.3 Å². The zero-order chi connectivity index (χ0) is 21.3. The van der Waals surface area contributed by atoms with Crippen LogP contribution in [0.3, 0.4) is 0 Å². The fourth-order valence-corrected chi connectivity index (χ4v) is 3.45. The number of hydrogen-bond donors (Lipinski definition) is 3. The molecule has 154 valence electrons. The monoisotopic (exact) mass is 404 g/mol. The zero-order valence-electron chi connectivity index (χ0n) is 17.2. The quantitative estimate of drug-likeness (QED) is 0.545. The van der Waals surface area contributed by atoms with Crippen molar-refractivity contribution in [1.82, 2.24) is 19.7 Å². The molecule has 0 radical (unpaired) electrons. The van der Waals surface area contributed by atoms with Gasteiger partial charge in [0.25, 0.3) is 5.91 Å². The molecule has 8 heteroatoms. The molecule has 0 fully saturated rings. The minimum absolute atomic E-state index is 0.176. The van der Waals surface area contributed by atoms with Crippen molar-refractivity contribution in [2.24, 2.45) is 0 Å². The molecule has 0 spiro atoms. The van der Waals surface area contributed by atoms with E-state index in [1.54, 1.807) is 30.2 Å². The van der Waals surface area contributed by atoms with Crippen molar-refractivity contribution < 1.29 is 9.90 Å². The number of amides is 1. The predicted molar refractivity (Wildman–Crippen MR) is 116 cm³/mol. The van der Waals surface area contributed by atoms with Crippen LogP contribution in [-0.4, -0.2) is 36.9 Å². The number of carbonyl (C=O) groups excluding carboxylic acids is 1. The lowest BCUT2D eigenvalue weighted by Gasteiger charge is -2.09. The summed E-state index contributed by atoms with van der Waals surface area (Å²) < 4.78 is 1.77. The first-order valence-corrected chi connectivity index (χ1v) is 9.84. The van der Waals surface area contributed by atoms with E-state index in [4.69, 9.17) is 0 Å². The molecule has 0 saturated carbocycles. The second-order valence-electron chi connectivity index (χ2n) is 7.49. The topological polar surface area (TPSA) is 105 Å². The summed E-state index contributed by atoms with van der Waals surface area (Å²) in [6.07, 6.45) is 7.30. The van der Waals surface area contributed by atoms with Crippen molar-refractivity contribution in [1.29, 1.82) is 0 Å². The molecule has 4 rings (SSSR count). The Kier molecular flexibility index (Phi) is 5.33. The van der Waals surface area contributed by atoms with Gasteiger partial charge < -0.3 is 15.7 Å². The summed E-state index contributed by atoms with van der Waals surface area (Å²) in [7, 11) is 0. The lowest BCUT2D eigenvalue weighted by atomic mass is 10.0. The first kappa shape index (κ1) is 19.8. The maximum Gasteiger partial charge on any atom is 0.258 e. The van der Waals surface area contributed by atoms with Crippen LogP contribution in [0.15, 0.2) is 48.7 Å². The summed E-state index contributed by atoms with van der Waals surface area (Å²) in [4.78, 5) is 21.4. The van der Waals surface area contributed by atoms with Crippen molar-refractivity contribution in [3.05, 3.63) is 59.8 Å². The average Bonchev–Trinajstić information content (AvgIpc) is 3.29. The van der Waals surface area contributed by atoms with Gasteiger partial charge in [-0.3, -0.25) is 19.4 Å². The third-order valence-corrected chi connectivity index (χ3v) is 5.07. The molecule has 30 heavy (non-hydrogen) atoms. The Hall–Kier alpha value is -3.52. The minimum Gasteiger partial charge on any atom is -0.393 e. The van der Waals surface area contributed by atoms with E-state index in [-0.39, 0.29) is 12.0 Å². The highest BCUT2D eigenvalue weighted by molar-refractivity contribution is 6.32. The van der Waals surface area contributed by atoms with Gasteiger partial charge in [-0.15, -0.1) is 0 Å². The number of aryl methyl sites for hydroxylation is 2. The van der Waals surface area contributed by atoms with Crippen LogP contribution in [0.2, 0.25) is 0 Å². The lowest BCUT2D eigenvalue weighted by molar-refractivity contribution is -0.110. The number of allylic oxidation sites excluding steroid dienone is 1. The number of anilines is 2. The Morgan fingerprint density at radius 3 is 2.90 bits per heavy atom. The zero-order valence-corrected chi connectivity index (χ0v) is 17.2. The van der Waals surface area contributed by atoms with Crippen LogP contribution in [0.25, 0.3) is 16.8 Å². The Morgan fingerprint density at radius 2 is 2.13 bits per heavy atom. The van der Waals surface area contributed by atoms with Crippen LogP contribution in [0.4, 0.5) is 11.5 Å². The summed E-state index contributed by atoms with van der Waals surface area (Å²) in [6.45, 7) is 6.24. The Balaban J connectivity index is 1.64. The van der Waals surface area contributed by atoms with Gasteiger partial charge in [0.2, 0.25) is 0 Å². The average molecular weight is 404 g/mol. The van der Waals surface area contributed by atoms with Gasteiger partial charge in [-0.05, 0) is 44.9 Å². The van der Waals surface area contributed by atoms with E-state index in [1.807, 2.05) is 38.2 Å². The maximum atomic E-state index is 12.7. The van der Waals surface area contributed by atoms with Gasteiger partial charge in [0.1, 0.15) is 0 Å². The van der Waals surface area contributed by atoms with E-state index in [9.17, 15) is 9.90 Å². The molecule has 8 nitrogen and oxygen atoms in total. The molecule has 3 N–H and O–H groups in total. The molecule has 0 aromatic carbocycles. The molecule has 0 bridgehead atoms. The highest BCUT2D eigenvalue weighted by Gasteiger charge is 2.27. The summed E-state index contributed by atoms with van der Waals surface area (Å²) in [6, 6.07) is 5.70. The van der Waals surface area contributed by atoms with Crippen LogP contribution < -0.4 is 10.6 Å². The Morgan fingerprint density at radius 1 is 1.30 bits per heavy atom. The van der Waals surface area contributed by atoms with Crippen molar-refractivity contribution >= 4 is 23.0 Å². The molecule has 3 aromatic rings. The van der Waals surface area contributed by atoms with E-state index < -0.39 is 0 Å². The molecule has 4 heterocycles. The summed E-state index contributed by atoms with van der Waals surface area (Å²) in [5.41, 5.74) is 5.51. The van der Waals surface area contributed by atoms with Crippen LogP contribution >= 0.6 is 0 Å². The molecule has 1 amide bonds. The molecule has 1 aliphatic heterocycles. The Labute approximate surface area is 174 Å². The Bertz CT molecular complexity index is 1130. The van der Waals surface area contributed by atoms with Crippen LogP contribution in [0, 0.1) is 6.92 Å². The van der Waals surface area contributed by atoms with Gasteiger partial charge >= 0.3 is 0 Å². The van der Waals surface area contributed by atoms with Gasteiger partial charge in [-0.2, -0.15) is 5.10 Å². The summed E-state index contributed by atoms with van der Waals surface area (Å²) in [5.74, 6) is 0.467. The number of nitrogens with one attached hydrogen (secondary N) is 2. The molecule has 3 aromatic heterocycles. The number of aliphatic hydroxyl groups is 1. The van der Waals surface area contributed by atoms with Crippen molar-refractivity contribution in [2.45, 2.75) is 39.8 Å². The number of pyridine rings is 2. The van der Waals surface area contributed by atoms with E-state index in [2.05, 4.69) is 25.7 Å². The lowest BCUT2D eigenvalue weighted by Crippen LogP contribution is -2.10. The van der Waals surface area contributed by atoms with E-state index in [1.165, 1.54) is 0 Å². The molecule has 1 aliphatic rings. The SMILES string of the molecule is CC(Nc1ccn(CCC(C)O)n1)=C1C(=O)Nc2cnc(-c3cnccc3C)cc21. The van der Waals surface area contributed by atoms with E-state index in [0.29, 0.717) is 35.7 Å². The predicted octanol–water partition coefficient (Wildman–Crippen LogP) is 3.21. The van der Waals surface area contributed by atoms with Gasteiger partial charge in [0.15, 0.2) is 5.82 Å². The standard InChI is InChI=1S/C22H24N6O2/c1-13-4-7-23-11-17(13)18-10-16-19(12-24-18)26-22(30)21(16)15(3)25-20-6-9-28(27-20)8-5-14(2)29/h4,6-7,9-12,14,29H,5,8H2,1-3H3,(H,25,27)(H,26,30). The maximum absolute atomic E-state index is 12.7. The first-order chi connectivity index (χ1) is 14.4. The second kappa shape index (κ2) is 8.08. The molecule has 0 aliphatic carbocycles. The third-order valence-electron chi connectivity index (χ3n) is 5.07. The van der Waals surface area contributed by atoms with Gasteiger partial charge in [0.05, 0.1) is 29.3 Å². The van der Waals surface area contributed by atoms with Crippen LogP contribution in [0.1, 0.15) is 31.4 Å². The van der Waals surface area contributed by atoms with Crippen molar-refractivity contribution in [3.63, 3.8) is 0 Å². The fourth-order valence-electron chi connectivity index (χ4n) is 3.45. The normalized spacial score (nSPS) is 15.5. The van der Waals surface area contributed by atoms with Gasteiger partial charge in [-0.1, -0.05) is 0 Å². The van der Waals surface area contributed by atoms with Crippen molar-refractivity contribution in [3.8, 4) is 11.3 Å². The number of fused-ring (bicyclic) bond motifs is 1. The minimum atomic E-state index is -0.376. The molecule has 1 atom stereocenters. The molecular weight excluding hydrogens is 380 g/mol. The van der Waals surface area contributed by atoms with Gasteiger partial charge in [0, 0.05) is 48.0 Å². The first-order valence-electron chi connectivity index (χ1n) is 9.84. The molecule has 0 saturated heterocycles. The summed E-state index contributed by atoms with van der Waals surface area (Å²) >= 11 is 0.